The molecule has 1 atom stereocenters. The first kappa shape index (κ1) is 18.3. The second-order valence-corrected chi connectivity index (χ2v) is 7.29. The van der Waals surface area contributed by atoms with E-state index in [1.165, 1.54) is 0 Å². The molecule has 0 bridgehead atoms. The fourth-order valence-corrected chi connectivity index (χ4v) is 3.86. The Kier molecular flexibility index (Phi) is 4.57. The number of benzene rings is 1. The maximum atomic E-state index is 13.4. The minimum atomic E-state index is -0.229. The van der Waals surface area contributed by atoms with Gasteiger partial charge in [-0.15, -0.1) is 0 Å². The number of ether oxygens (including phenoxy) is 2. The number of imidazole rings is 1. The number of aromatic nitrogens is 5. The van der Waals surface area contributed by atoms with Gasteiger partial charge in [0.2, 0.25) is 5.82 Å². The van der Waals surface area contributed by atoms with E-state index in [0.29, 0.717) is 47.4 Å². The van der Waals surface area contributed by atoms with Crippen LogP contribution in [-0.2, 0) is 16.0 Å². The van der Waals surface area contributed by atoms with Crippen molar-refractivity contribution in [3.63, 3.8) is 0 Å². The molecule has 1 aromatic carbocycles. The van der Waals surface area contributed by atoms with Crippen molar-refractivity contribution in [2.24, 2.45) is 0 Å². The smallest absolute Gasteiger partial charge is 0.277 e. The van der Waals surface area contributed by atoms with Crippen LogP contribution < -0.4 is 5.56 Å². The summed E-state index contributed by atoms with van der Waals surface area (Å²) in [6, 6.07) is 5.39. The first-order valence-electron chi connectivity index (χ1n) is 9.31. The predicted octanol–water partition coefficient (Wildman–Crippen LogP) is 2.85. The van der Waals surface area contributed by atoms with Gasteiger partial charge in [-0.05, 0) is 31.0 Å². The molecule has 1 aliphatic rings. The lowest BCUT2D eigenvalue weighted by Crippen LogP contribution is -2.25. The number of halogens is 1. The van der Waals surface area contributed by atoms with Gasteiger partial charge in [-0.3, -0.25) is 9.20 Å². The molecule has 4 aromatic rings. The lowest BCUT2D eigenvalue weighted by atomic mass is 10.2. The summed E-state index contributed by atoms with van der Waals surface area (Å²) in [5, 5.41) is 4.59. The van der Waals surface area contributed by atoms with Gasteiger partial charge in [0.25, 0.3) is 11.4 Å². The van der Waals surface area contributed by atoms with Crippen molar-refractivity contribution in [1.29, 1.82) is 0 Å². The highest BCUT2D eigenvalue weighted by molar-refractivity contribution is 6.31. The average Bonchev–Trinajstić information content (AvgIpc) is 3.46. The summed E-state index contributed by atoms with van der Waals surface area (Å²) in [4.78, 5) is 22.2. The Morgan fingerprint density at radius 1 is 1.34 bits per heavy atom. The molecular formula is C19H18ClN5O4. The lowest BCUT2D eigenvalue weighted by Gasteiger charge is -2.12. The molecule has 0 radical (unpaired) electrons. The van der Waals surface area contributed by atoms with Crippen molar-refractivity contribution in [3.05, 3.63) is 45.8 Å². The molecule has 150 valence electrons. The molecule has 1 aliphatic heterocycles. The number of methoxy groups -OCH3 is 1. The van der Waals surface area contributed by atoms with Crippen LogP contribution in [0.2, 0.25) is 5.02 Å². The Bertz CT molecular complexity index is 1250. The van der Waals surface area contributed by atoms with Crippen LogP contribution in [0.15, 0.2) is 33.8 Å². The summed E-state index contributed by atoms with van der Waals surface area (Å²) in [5.41, 5.74) is 2.00. The molecular weight excluding hydrogens is 398 g/mol. The Labute approximate surface area is 169 Å². The molecule has 0 amide bonds. The van der Waals surface area contributed by atoms with Crippen LogP contribution in [0.1, 0.15) is 24.8 Å². The maximum absolute atomic E-state index is 13.4. The second-order valence-electron chi connectivity index (χ2n) is 6.85. The highest BCUT2D eigenvalue weighted by atomic mass is 35.5. The molecule has 0 spiro atoms. The summed E-state index contributed by atoms with van der Waals surface area (Å²) in [5.74, 6) is 0.674. The van der Waals surface area contributed by atoms with E-state index >= 15 is 0 Å². The summed E-state index contributed by atoms with van der Waals surface area (Å²) >= 11 is 6.18. The Morgan fingerprint density at radius 3 is 3.03 bits per heavy atom. The van der Waals surface area contributed by atoms with Gasteiger partial charge in [0.05, 0.1) is 17.6 Å². The van der Waals surface area contributed by atoms with Gasteiger partial charge in [-0.2, -0.15) is 4.98 Å². The molecule has 0 aliphatic carbocycles. The van der Waals surface area contributed by atoms with Gasteiger partial charge >= 0.3 is 0 Å². The minimum absolute atomic E-state index is 0.202. The molecule has 5 rings (SSSR count). The zero-order valence-corrected chi connectivity index (χ0v) is 16.4. The van der Waals surface area contributed by atoms with E-state index in [9.17, 15) is 4.79 Å². The standard InChI is InChI=1S/C19H18ClN5O4/c1-27-8-6-24-13-9-11(20)4-5-12(13)25-10-21-15(16(25)19(24)26)17-22-18(29-23-17)14-3-2-7-28-14/h4-5,9-10,14H,2-3,6-8H2,1H3. The highest BCUT2D eigenvalue weighted by Gasteiger charge is 2.26. The van der Waals surface area contributed by atoms with Gasteiger partial charge in [0.15, 0.2) is 0 Å². The number of rotatable bonds is 5. The SMILES string of the molecule is COCCn1c(=O)c2c(-c3noc(C4CCCO4)n3)ncn2c2ccc(Cl)cc21. The molecule has 1 unspecified atom stereocenters. The van der Waals surface area contributed by atoms with Gasteiger partial charge in [-0.1, -0.05) is 16.8 Å². The van der Waals surface area contributed by atoms with Gasteiger partial charge in [0.1, 0.15) is 23.6 Å². The van der Waals surface area contributed by atoms with Crippen LogP contribution in [-0.4, -0.2) is 44.4 Å². The van der Waals surface area contributed by atoms with Gasteiger partial charge in [0, 0.05) is 25.3 Å². The van der Waals surface area contributed by atoms with E-state index in [-0.39, 0.29) is 17.5 Å². The van der Waals surface area contributed by atoms with Crippen LogP contribution in [0.3, 0.4) is 0 Å². The van der Waals surface area contributed by atoms with Crippen molar-refractivity contribution < 1.29 is 14.0 Å². The lowest BCUT2D eigenvalue weighted by molar-refractivity contribution is 0.0835. The van der Waals surface area contributed by atoms with Crippen LogP contribution in [0.25, 0.3) is 28.1 Å². The number of fused-ring (bicyclic) bond motifs is 3. The fourth-order valence-electron chi connectivity index (χ4n) is 3.69. The maximum Gasteiger partial charge on any atom is 0.277 e. The highest BCUT2D eigenvalue weighted by Crippen LogP contribution is 2.29. The molecule has 10 heteroatoms. The number of hydrogen-bond donors (Lipinski definition) is 0. The summed E-state index contributed by atoms with van der Waals surface area (Å²) < 4.78 is 19.5. The zero-order valence-electron chi connectivity index (χ0n) is 15.7. The Hall–Kier alpha value is -2.75. The normalized spacial score (nSPS) is 17.0. The first-order chi connectivity index (χ1) is 14.2. The van der Waals surface area contributed by atoms with Gasteiger partial charge < -0.3 is 18.6 Å². The number of hydrogen-bond acceptors (Lipinski definition) is 7. The molecule has 29 heavy (non-hydrogen) atoms. The molecule has 3 aromatic heterocycles. The molecule has 1 saturated heterocycles. The molecule has 9 nitrogen and oxygen atoms in total. The predicted molar refractivity (Wildman–Crippen MR) is 105 cm³/mol. The third-order valence-corrected chi connectivity index (χ3v) is 5.32. The van der Waals surface area contributed by atoms with Crippen LogP contribution in [0.5, 0.6) is 0 Å². The third kappa shape index (κ3) is 3.02. The van der Waals surface area contributed by atoms with E-state index in [0.717, 1.165) is 18.4 Å². The average molecular weight is 416 g/mol. The largest absolute Gasteiger partial charge is 0.383 e. The van der Waals surface area contributed by atoms with E-state index in [4.69, 9.17) is 25.6 Å². The summed E-state index contributed by atoms with van der Waals surface area (Å²) in [6.45, 7) is 1.43. The molecule has 1 fully saturated rings. The Morgan fingerprint density at radius 2 is 2.24 bits per heavy atom. The van der Waals surface area contributed by atoms with Crippen molar-refractivity contribution >= 4 is 28.2 Å². The fraction of sp³-hybridized carbons (Fsp3) is 0.368. The van der Waals surface area contributed by atoms with Crippen molar-refractivity contribution in [2.75, 3.05) is 20.3 Å². The minimum Gasteiger partial charge on any atom is -0.383 e. The van der Waals surface area contributed by atoms with Gasteiger partial charge in [-0.25, -0.2) is 4.98 Å². The van der Waals surface area contributed by atoms with E-state index < -0.39 is 0 Å². The van der Waals surface area contributed by atoms with E-state index in [2.05, 4.69) is 15.1 Å². The van der Waals surface area contributed by atoms with Crippen LogP contribution >= 0.6 is 11.6 Å². The Balaban J connectivity index is 1.72. The molecule has 0 N–H and O–H groups in total. The first-order valence-corrected chi connectivity index (χ1v) is 9.69. The van der Waals surface area contributed by atoms with Crippen molar-refractivity contribution in [3.8, 4) is 11.5 Å². The van der Waals surface area contributed by atoms with Crippen LogP contribution in [0.4, 0.5) is 0 Å². The molecule has 4 heterocycles. The van der Waals surface area contributed by atoms with E-state index in [1.54, 1.807) is 34.5 Å². The quantitative estimate of drug-likeness (QED) is 0.494. The van der Waals surface area contributed by atoms with Crippen molar-refractivity contribution in [1.82, 2.24) is 24.1 Å². The zero-order chi connectivity index (χ0) is 20.0. The second kappa shape index (κ2) is 7.25. The van der Waals surface area contributed by atoms with Crippen LogP contribution in [0, 0.1) is 0 Å². The third-order valence-electron chi connectivity index (χ3n) is 5.08. The topological polar surface area (TPSA) is 96.7 Å². The molecule has 0 saturated carbocycles. The van der Waals surface area contributed by atoms with Crippen molar-refractivity contribution in [2.45, 2.75) is 25.5 Å². The summed E-state index contributed by atoms with van der Waals surface area (Å²) in [7, 11) is 1.59. The number of nitrogens with zero attached hydrogens (tertiary/aromatic N) is 5. The van der Waals surface area contributed by atoms with E-state index in [1.807, 2.05) is 6.07 Å². The monoisotopic (exact) mass is 415 g/mol. The summed E-state index contributed by atoms with van der Waals surface area (Å²) in [6.07, 6.45) is 3.17.